The molecule has 1 aromatic heterocycles. The second kappa shape index (κ2) is 3.18. The van der Waals surface area contributed by atoms with Crippen molar-refractivity contribution < 1.29 is 9.18 Å². The molecule has 0 saturated heterocycles. The summed E-state index contributed by atoms with van der Waals surface area (Å²) < 4.78 is 13.3. The van der Waals surface area contributed by atoms with Gasteiger partial charge in [0.2, 0.25) is 0 Å². The van der Waals surface area contributed by atoms with Gasteiger partial charge in [0.15, 0.2) is 5.78 Å². The van der Waals surface area contributed by atoms with Gasteiger partial charge >= 0.3 is 0 Å². The van der Waals surface area contributed by atoms with Gasteiger partial charge in [-0.3, -0.25) is 9.78 Å². The average Bonchev–Trinajstić information content (AvgIpc) is 2.18. The largest absolute Gasteiger partial charge is 0.294 e. The molecule has 14 heavy (non-hydrogen) atoms. The number of aromatic nitrogens is 1. The van der Waals surface area contributed by atoms with E-state index in [1.807, 2.05) is 0 Å². The maximum absolute atomic E-state index is 13.3. The molecular formula is C11H8FNO. The molecule has 0 aliphatic heterocycles. The van der Waals surface area contributed by atoms with Crippen molar-refractivity contribution in [1.29, 1.82) is 0 Å². The first kappa shape index (κ1) is 8.81. The monoisotopic (exact) mass is 189 g/mol. The van der Waals surface area contributed by atoms with Crippen molar-refractivity contribution in [1.82, 2.24) is 4.98 Å². The summed E-state index contributed by atoms with van der Waals surface area (Å²) in [7, 11) is 0. The number of benzene rings is 1. The molecular weight excluding hydrogens is 181 g/mol. The Morgan fingerprint density at radius 3 is 2.79 bits per heavy atom. The molecule has 0 fully saturated rings. The zero-order chi connectivity index (χ0) is 10.1. The van der Waals surface area contributed by atoms with Crippen molar-refractivity contribution >= 4 is 16.6 Å². The Hall–Kier alpha value is -1.77. The molecule has 0 aliphatic rings. The first-order valence-electron chi connectivity index (χ1n) is 4.23. The Bertz CT molecular complexity index is 508. The number of rotatable bonds is 1. The highest BCUT2D eigenvalue weighted by molar-refractivity contribution is 6.06. The SMILES string of the molecule is CC(=O)c1ccc(F)c2cnccc12. The smallest absolute Gasteiger partial charge is 0.160 e. The van der Waals surface area contributed by atoms with Gasteiger partial charge in [-0.2, -0.15) is 0 Å². The van der Waals surface area contributed by atoms with Crippen molar-refractivity contribution in [3.05, 3.63) is 42.0 Å². The van der Waals surface area contributed by atoms with E-state index in [1.54, 1.807) is 12.3 Å². The van der Waals surface area contributed by atoms with Crippen LogP contribution in [0.15, 0.2) is 30.6 Å². The van der Waals surface area contributed by atoms with Gasteiger partial charge in [-0.25, -0.2) is 4.39 Å². The van der Waals surface area contributed by atoms with Crippen LogP contribution in [0.25, 0.3) is 10.8 Å². The number of carbonyl (C=O) groups excluding carboxylic acids is 1. The fraction of sp³-hybridized carbons (Fsp3) is 0.0909. The lowest BCUT2D eigenvalue weighted by Crippen LogP contribution is -1.95. The minimum Gasteiger partial charge on any atom is -0.294 e. The van der Waals surface area contributed by atoms with Gasteiger partial charge in [0.05, 0.1) is 0 Å². The molecule has 0 spiro atoms. The average molecular weight is 189 g/mol. The van der Waals surface area contributed by atoms with E-state index >= 15 is 0 Å². The molecule has 1 aromatic carbocycles. The normalized spacial score (nSPS) is 10.4. The van der Waals surface area contributed by atoms with Gasteiger partial charge in [0.1, 0.15) is 5.82 Å². The maximum atomic E-state index is 13.3. The van der Waals surface area contributed by atoms with E-state index in [9.17, 15) is 9.18 Å². The van der Waals surface area contributed by atoms with E-state index in [-0.39, 0.29) is 11.6 Å². The summed E-state index contributed by atoms with van der Waals surface area (Å²) >= 11 is 0. The summed E-state index contributed by atoms with van der Waals surface area (Å²) in [5.74, 6) is -0.417. The van der Waals surface area contributed by atoms with Gasteiger partial charge in [-0.05, 0) is 30.5 Å². The lowest BCUT2D eigenvalue weighted by atomic mass is 10.0. The number of ketones is 1. The summed E-state index contributed by atoms with van der Waals surface area (Å²) in [5, 5.41) is 1.01. The molecule has 0 N–H and O–H groups in total. The van der Waals surface area contributed by atoms with Gasteiger partial charge in [0, 0.05) is 23.3 Å². The molecule has 2 rings (SSSR count). The van der Waals surface area contributed by atoms with Crippen LogP contribution in [0.1, 0.15) is 17.3 Å². The fourth-order valence-corrected chi connectivity index (χ4v) is 1.46. The van der Waals surface area contributed by atoms with Crippen LogP contribution in [0.2, 0.25) is 0 Å². The van der Waals surface area contributed by atoms with Crippen molar-refractivity contribution in [2.24, 2.45) is 0 Å². The quantitative estimate of drug-likeness (QED) is 0.645. The maximum Gasteiger partial charge on any atom is 0.160 e. The molecule has 0 aliphatic carbocycles. The number of pyridine rings is 1. The lowest BCUT2D eigenvalue weighted by Gasteiger charge is -2.02. The summed E-state index contributed by atoms with van der Waals surface area (Å²) in [5.41, 5.74) is 0.531. The van der Waals surface area contributed by atoms with Crippen LogP contribution in [0.5, 0.6) is 0 Å². The topological polar surface area (TPSA) is 30.0 Å². The standard InChI is InChI=1S/C11H8FNO/c1-7(14)8-2-3-11(12)10-6-13-5-4-9(8)10/h2-6H,1H3. The van der Waals surface area contributed by atoms with Crippen LogP contribution >= 0.6 is 0 Å². The number of hydrogen-bond donors (Lipinski definition) is 0. The van der Waals surface area contributed by atoms with Crippen molar-refractivity contribution in [2.75, 3.05) is 0 Å². The van der Waals surface area contributed by atoms with E-state index in [0.29, 0.717) is 16.3 Å². The molecule has 3 heteroatoms. The lowest BCUT2D eigenvalue weighted by molar-refractivity contribution is 0.101. The number of fused-ring (bicyclic) bond motifs is 1. The summed E-state index contributed by atoms with van der Waals surface area (Å²) in [6.45, 7) is 1.47. The van der Waals surface area contributed by atoms with Crippen molar-refractivity contribution in [3.63, 3.8) is 0 Å². The molecule has 0 saturated carbocycles. The zero-order valence-electron chi connectivity index (χ0n) is 7.62. The van der Waals surface area contributed by atoms with E-state index < -0.39 is 0 Å². The number of Topliss-reactive ketones (excluding diaryl/α,β-unsaturated/α-hetero) is 1. The third-order valence-corrected chi connectivity index (χ3v) is 2.14. The highest BCUT2D eigenvalue weighted by Crippen LogP contribution is 2.20. The molecule has 0 amide bonds. The van der Waals surface area contributed by atoms with Crippen LogP contribution in [0, 0.1) is 5.82 Å². The number of halogens is 1. The van der Waals surface area contributed by atoms with Gasteiger partial charge in [0.25, 0.3) is 0 Å². The molecule has 70 valence electrons. The molecule has 0 atom stereocenters. The third-order valence-electron chi connectivity index (χ3n) is 2.14. The van der Waals surface area contributed by atoms with E-state index in [2.05, 4.69) is 4.98 Å². The van der Waals surface area contributed by atoms with Crippen LogP contribution < -0.4 is 0 Å². The molecule has 1 heterocycles. The number of hydrogen-bond acceptors (Lipinski definition) is 2. The minimum atomic E-state index is -0.349. The molecule has 2 nitrogen and oxygen atoms in total. The molecule has 0 unspecified atom stereocenters. The first-order chi connectivity index (χ1) is 6.70. The third kappa shape index (κ3) is 1.27. The van der Waals surface area contributed by atoms with Crippen molar-refractivity contribution in [3.8, 4) is 0 Å². The van der Waals surface area contributed by atoms with Crippen LogP contribution in [-0.2, 0) is 0 Å². The predicted molar refractivity (Wildman–Crippen MR) is 51.7 cm³/mol. The highest BCUT2D eigenvalue weighted by atomic mass is 19.1. The fourth-order valence-electron chi connectivity index (χ4n) is 1.46. The van der Waals surface area contributed by atoms with Crippen molar-refractivity contribution in [2.45, 2.75) is 6.92 Å². The van der Waals surface area contributed by atoms with E-state index in [0.717, 1.165) is 0 Å². The van der Waals surface area contributed by atoms with Gasteiger partial charge in [-0.15, -0.1) is 0 Å². The Morgan fingerprint density at radius 1 is 1.29 bits per heavy atom. The molecule has 0 radical (unpaired) electrons. The summed E-state index contributed by atoms with van der Waals surface area (Å²) in [6, 6.07) is 4.44. The Labute approximate surface area is 80.4 Å². The minimum absolute atomic E-state index is 0.0683. The summed E-state index contributed by atoms with van der Waals surface area (Å²) in [6.07, 6.45) is 2.98. The first-order valence-corrected chi connectivity index (χ1v) is 4.23. The Morgan fingerprint density at radius 2 is 2.07 bits per heavy atom. The number of carbonyl (C=O) groups is 1. The Balaban J connectivity index is 2.88. The zero-order valence-corrected chi connectivity index (χ0v) is 7.62. The van der Waals surface area contributed by atoms with Crippen LogP contribution in [-0.4, -0.2) is 10.8 Å². The highest BCUT2D eigenvalue weighted by Gasteiger charge is 2.08. The Kier molecular flexibility index (Phi) is 2.00. The van der Waals surface area contributed by atoms with Crippen LogP contribution in [0.3, 0.4) is 0 Å². The molecule has 2 aromatic rings. The molecule has 0 bridgehead atoms. The van der Waals surface area contributed by atoms with Crippen LogP contribution in [0.4, 0.5) is 4.39 Å². The second-order valence-corrected chi connectivity index (χ2v) is 3.07. The summed E-state index contributed by atoms with van der Waals surface area (Å²) in [4.78, 5) is 15.1. The van der Waals surface area contributed by atoms with Gasteiger partial charge < -0.3 is 0 Å². The predicted octanol–water partition coefficient (Wildman–Crippen LogP) is 2.58. The van der Waals surface area contributed by atoms with E-state index in [1.165, 1.54) is 25.3 Å². The second-order valence-electron chi connectivity index (χ2n) is 3.07. The van der Waals surface area contributed by atoms with E-state index in [4.69, 9.17) is 0 Å². The van der Waals surface area contributed by atoms with Gasteiger partial charge in [-0.1, -0.05) is 0 Å². The number of nitrogens with zero attached hydrogens (tertiary/aromatic N) is 1.